The van der Waals surface area contributed by atoms with Gasteiger partial charge in [-0.15, -0.1) is 0 Å². The Morgan fingerprint density at radius 3 is 2.50 bits per heavy atom. The molecular formula is C26H26FN3O3S. The molecule has 6 nitrogen and oxygen atoms in total. The quantitative estimate of drug-likeness (QED) is 0.367. The Balaban J connectivity index is 1.67. The van der Waals surface area contributed by atoms with Crippen LogP contribution < -0.4 is 4.72 Å². The zero-order valence-electron chi connectivity index (χ0n) is 19.1. The number of amides is 1. The first-order valence-corrected chi connectivity index (χ1v) is 12.8. The molecule has 1 amide bonds. The van der Waals surface area contributed by atoms with Gasteiger partial charge in [0.1, 0.15) is 11.6 Å². The van der Waals surface area contributed by atoms with Crippen LogP contribution in [-0.4, -0.2) is 30.0 Å². The number of unbranched alkanes of at least 4 members (excludes halogenated alkanes) is 1. The van der Waals surface area contributed by atoms with Crippen molar-refractivity contribution >= 4 is 27.0 Å². The molecule has 8 heteroatoms. The summed E-state index contributed by atoms with van der Waals surface area (Å²) in [7, 11) is -3.73. The number of carbonyl (C=O) groups excluding carboxylic acids is 1. The number of aromatic nitrogens is 2. The van der Waals surface area contributed by atoms with Crippen LogP contribution in [-0.2, 0) is 16.4 Å². The molecule has 4 aromatic rings. The van der Waals surface area contributed by atoms with Crippen LogP contribution in [0.3, 0.4) is 0 Å². The van der Waals surface area contributed by atoms with Gasteiger partial charge in [0, 0.05) is 12.0 Å². The van der Waals surface area contributed by atoms with E-state index in [2.05, 4.69) is 14.7 Å². The molecule has 0 aliphatic rings. The van der Waals surface area contributed by atoms with E-state index in [0.717, 1.165) is 11.1 Å². The molecule has 0 radical (unpaired) electrons. The Bertz CT molecular complexity index is 1450. The summed E-state index contributed by atoms with van der Waals surface area (Å²) in [6.45, 7) is 3.66. The minimum Gasteiger partial charge on any atom is -0.342 e. The molecule has 0 saturated carbocycles. The zero-order valence-corrected chi connectivity index (χ0v) is 19.9. The number of benzene rings is 3. The summed E-state index contributed by atoms with van der Waals surface area (Å²) in [5.41, 5.74) is 4.16. The predicted octanol–water partition coefficient (Wildman–Crippen LogP) is 5.13. The number of H-pyrrole nitrogens is 1. The number of imidazole rings is 1. The number of sulfonamides is 1. The lowest BCUT2D eigenvalue weighted by Gasteiger charge is -2.10. The number of hydrogen-bond acceptors (Lipinski definition) is 4. The fourth-order valence-corrected chi connectivity index (χ4v) is 5.04. The molecule has 0 unspecified atom stereocenters. The number of nitrogens with zero attached hydrogens (tertiary/aromatic N) is 1. The average Bonchev–Trinajstić information content (AvgIpc) is 3.19. The average molecular weight is 480 g/mol. The van der Waals surface area contributed by atoms with Crippen LogP contribution in [0.2, 0.25) is 0 Å². The van der Waals surface area contributed by atoms with E-state index in [9.17, 15) is 13.2 Å². The van der Waals surface area contributed by atoms with Crippen molar-refractivity contribution in [1.29, 1.82) is 0 Å². The first-order chi connectivity index (χ1) is 16.3. The molecule has 0 atom stereocenters. The second kappa shape index (κ2) is 9.77. The molecule has 0 bridgehead atoms. The Hall–Kier alpha value is -3.52. The van der Waals surface area contributed by atoms with Gasteiger partial charge in [0.2, 0.25) is 10.0 Å². The van der Waals surface area contributed by atoms with Gasteiger partial charge >= 0.3 is 0 Å². The lowest BCUT2D eigenvalue weighted by atomic mass is 9.98. The standard InChI is InChI=1S/C26H26FN3O3S/c1-3-4-12-34(32,33)30-26(31)22-14-21(25-24(16-22)28-17(2)29-25)13-20-11-10-19(15-23(20)27)18-8-6-5-7-9-18/h5-11,14-16H,3-4,12-13H2,1-2H3,(H,28,29)(H,30,31). The van der Waals surface area contributed by atoms with Gasteiger partial charge < -0.3 is 4.98 Å². The number of carbonyl (C=O) groups is 1. The van der Waals surface area contributed by atoms with Crippen LogP contribution in [0.15, 0.2) is 60.7 Å². The van der Waals surface area contributed by atoms with Crippen molar-refractivity contribution in [1.82, 2.24) is 14.7 Å². The molecule has 2 N–H and O–H groups in total. The number of nitrogens with one attached hydrogen (secondary N) is 2. The van der Waals surface area contributed by atoms with Crippen molar-refractivity contribution < 1.29 is 17.6 Å². The van der Waals surface area contributed by atoms with Gasteiger partial charge in [0.25, 0.3) is 5.91 Å². The summed E-state index contributed by atoms with van der Waals surface area (Å²) in [6.07, 6.45) is 1.36. The monoisotopic (exact) mass is 479 g/mol. The number of aromatic amines is 1. The smallest absolute Gasteiger partial charge is 0.264 e. The van der Waals surface area contributed by atoms with Crippen molar-refractivity contribution in [2.75, 3.05) is 5.75 Å². The van der Waals surface area contributed by atoms with Crippen molar-refractivity contribution in [2.45, 2.75) is 33.1 Å². The molecule has 0 saturated heterocycles. The second-order valence-corrected chi connectivity index (χ2v) is 10.1. The Labute approximate surface area is 198 Å². The van der Waals surface area contributed by atoms with Gasteiger partial charge in [-0.05, 0) is 53.8 Å². The van der Waals surface area contributed by atoms with Crippen molar-refractivity contribution in [3.8, 4) is 11.1 Å². The fourth-order valence-electron chi connectivity index (χ4n) is 3.87. The van der Waals surface area contributed by atoms with Gasteiger partial charge in [-0.1, -0.05) is 55.8 Å². The maximum atomic E-state index is 15.0. The van der Waals surface area contributed by atoms with Crippen LogP contribution >= 0.6 is 0 Å². The Kier molecular flexibility index (Phi) is 6.79. The lowest BCUT2D eigenvalue weighted by molar-refractivity contribution is 0.0981. The first-order valence-electron chi connectivity index (χ1n) is 11.1. The third-order valence-electron chi connectivity index (χ3n) is 5.60. The molecule has 0 aliphatic heterocycles. The van der Waals surface area contributed by atoms with E-state index < -0.39 is 15.9 Å². The van der Waals surface area contributed by atoms with Gasteiger partial charge in [-0.3, -0.25) is 4.79 Å². The van der Waals surface area contributed by atoms with Crippen LogP contribution in [0.5, 0.6) is 0 Å². The summed E-state index contributed by atoms with van der Waals surface area (Å²) >= 11 is 0. The molecule has 4 rings (SSSR count). The maximum Gasteiger partial charge on any atom is 0.264 e. The highest BCUT2D eigenvalue weighted by Gasteiger charge is 2.19. The van der Waals surface area contributed by atoms with Crippen molar-refractivity contribution in [3.05, 3.63) is 89.0 Å². The topological polar surface area (TPSA) is 91.9 Å². The summed E-state index contributed by atoms with van der Waals surface area (Å²) in [4.78, 5) is 20.3. The van der Waals surface area contributed by atoms with Crippen molar-refractivity contribution in [2.24, 2.45) is 0 Å². The van der Waals surface area contributed by atoms with Crippen LogP contribution in [0.25, 0.3) is 22.2 Å². The highest BCUT2D eigenvalue weighted by molar-refractivity contribution is 7.90. The van der Waals surface area contributed by atoms with Crippen LogP contribution in [0.1, 0.15) is 47.1 Å². The Morgan fingerprint density at radius 1 is 1.03 bits per heavy atom. The summed E-state index contributed by atoms with van der Waals surface area (Å²) in [6, 6.07) is 17.8. The molecule has 1 heterocycles. The Morgan fingerprint density at radius 2 is 1.79 bits per heavy atom. The normalized spacial score (nSPS) is 11.6. The van der Waals surface area contributed by atoms with E-state index in [1.807, 2.05) is 43.3 Å². The summed E-state index contributed by atoms with van der Waals surface area (Å²) in [5.74, 6) is -0.554. The number of rotatable bonds is 8. The number of aryl methyl sites for hydroxylation is 1. The molecule has 0 fully saturated rings. The fraction of sp³-hybridized carbons (Fsp3) is 0.231. The van der Waals surface area contributed by atoms with Gasteiger partial charge in [-0.2, -0.15) is 0 Å². The molecule has 0 aliphatic carbocycles. The predicted molar refractivity (Wildman–Crippen MR) is 132 cm³/mol. The third kappa shape index (κ3) is 5.34. The second-order valence-electron chi connectivity index (χ2n) is 8.31. The van der Waals surface area contributed by atoms with E-state index in [4.69, 9.17) is 0 Å². The van der Waals surface area contributed by atoms with Crippen LogP contribution in [0.4, 0.5) is 4.39 Å². The number of fused-ring (bicyclic) bond motifs is 1. The molecule has 34 heavy (non-hydrogen) atoms. The molecule has 3 aromatic carbocycles. The minimum absolute atomic E-state index is 0.119. The third-order valence-corrected chi connectivity index (χ3v) is 6.92. The van der Waals surface area contributed by atoms with Crippen LogP contribution in [0, 0.1) is 12.7 Å². The summed E-state index contributed by atoms with van der Waals surface area (Å²) < 4.78 is 41.6. The van der Waals surface area contributed by atoms with E-state index in [1.54, 1.807) is 25.1 Å². The van der Waals surface area contributed by atoms with E-state index in [0.29, 0.717) is 40.8 Å². The van der Waals surface area contributed by atoms with Crippen molar-refractivity contribution in [3.63, 3.8) is 0 Å². The van der Waals surface area contributed by atoms with Gasteiger partial charge in [-0.25, -0.2) is 22.5 Å². The zero-order chi connectivity index (χ0) is 24.3. The highest BCUT2D eigenvalue weighted by atomic mass is 32.2. The van der Waals surface area contributed by atoms with Gasteiger partial charge in [0.05, 0.1) is 16.8 Å². The van der Waals surface area contributed by atoms with Gasteiger partial charge in [0.15, 0.2) is 0 Å². The molecule has 1 aromatic heterocycles. The summed E-state index contributed by atoms with van der Waals surface area (Å²) in [5, 5.41) is 0. The first kappa shape index (κ1) is 23.6. The minimum atomic E-state index is -3.73. The number of halogens is 1. The SMILES string of the molecule is CCCCS(=O)(=O)NC(=O)c1cc(Cc2ccc(-c3ccccc3)cc2F)c2nc(C)[nH]c2c1. The molecule has 176 valence electrons. The van der Waals surface area contributed by atoms with E-state index in [-0.39, 0.29) is 23.6 Å². The highest BCUT2D eigenvalue weighted by Crippen LogP contribution is 2.26. The number of hydrogen-bond donors (Lipinski definition) is 2. The molecule has 0 spiro atoms. The maximum absolute atomic E-state index is 15.0. The van der Waals surface area contributed by atoms with E-state index in [1.165, 1.54) is 6.07 Å². The largest absolute Gasteiger partial charge is 0.342 e. The van der Waals surface area contributed by atoms with E-state index >= 15 is 4.39 Å². The molecular weight excluding hydrogens is 453 g/mol. The lowest BCUT2D eigenvalue weighted by Crippen LogP contribution is -2.32.